The molecule has 1 N–H and O–H groups in total. The highest BCUT2D eigenvalue weighted by molar-refractivity contribution is 9.10. The second-order valence-electron chi connectivity index (χ2n) is 8.87. The maximum atomic E-state index is 13.6. The smallest absolute Gasteiger partial charge is 0.261 e. The van der Waals surface area contributed by atoms with Crippen molar-refractivity contribution in [2.75, 3.05) is 6.61 Å². The lowest BCUT2D eigenvalue weighted by Gasteiger charge is -2.32. The van der Waals surface area contributed by atoms with Crippen molar-refractivity contribution in [2.24, 2.45) is 0 Å². The van der Waals surface area contributed by atoms with Crippen LogP contribution in [0.1, 0.15) is 37.0 Å². The first-order valence-corrected chi connectivity index (χ1v) is 13.2. The predicted molar refractivity (Wildman–Crippen MR) is 148 cm³/mol. The molecule has 3 rings (SSSR count). The first-order valence-electron chi connectivity index (χ1n) is 12.0. The van der Waals surface area contributed by atoms with Gasteiger partial charge in [0, 0.05) is 28.5 Å². The third kappa shape index (κ3) is 8.10. The molecule has 0 bridgehead atoms. The van der Waals surface area contributed by atoms with Crippen molar-refractivity contribution in [3.8, 4) is 5.75 Å². The number of rotatable bonds is 11. The summed E-state index contributed by atoms with van der Waals surface area (Å²) in [6.45, 7) is 5.94. The first kappa shape index (κ1) is 27.8. The number of carbonyl (C=O) groups is 2. The largest absolute Gasteiger partial charge is 0.484 e. The van der Waals surface area contributed by atoms with E-state index < -0.39 is 6.04 Å². The van der Waals surface area contributed by atoms with Gasteiger partial charge in [0.25, 0.3) is 5.91 Å². The van der Waals surface area contributed by atoms with Crippen LogP contribution in [-0.4, -0.2) is 35.4 Å². The lowest BCUT2D eigenvalue weighted by molar-refractivity contribution is -0.143. The van der Waals surface area contributed by atoms with Crippen molar-refractivity contribution in [1.82, 2.24) is 10.2 Å². The van der Waals surface area contributed by atoms with Crippen molar-refractivity contribution < 1.29 is 14.3 Å². The number of nitrogens with zero attached hydrogens (tertiary/aromatic N) is 1. The maximum Gasteiger partial charge on any atom is 0.261 e. The summed E-state index contributed by atoms with van der Waals surface area (Å²) in [6, 6.07) is 22.1. The highest BCUT2D eigenvalue weighted by Gasteiger charge is 2.31. The van der Waals surface area contributed by atoms with E-state index in [1.807, 2.05) is 75.4 Å². The molecule has 0 spiro atoms. The van der Waals surface area contributed by atoms with E-state index in [0.717, 1.165) is 27.6 Å². The molecule has 0 saturated heterocycles. The SMILES string of the molecule is CC[C@H](C)NC(=O)[C@H](Cc1ccccc1)N(Cc1ccc(Br)cc1)C(=O)COc1ccc(Cl)c(C)c1. The average Bonchev–Trinajstić information content (AvgIpc) is 2.88. The molecule has 0 unspecified atom stereocenters. The van der Waals surface area contributed by atoms with Gasteiger partial charge in [-0.3, -0.25) is 9.59 Å². The Bertz CT molecular complexity index is 1150. The molecule has 2 atom stereocenters. The number of hydrogen-bond acceptors (Lipinski definition) is 3. The number of amides is 2. The molecule has 0 aromatic heterocycles. The summed E-state index contributed by atoms with van der Waals surface area (Å²) in [5.74, 6) is 0.101. The maximum absolute atomic E-state index is 13.6. The van der Waals surface area contributed by atoms with Crippen LogP contribution in [0.4, 0.5) is 0 Å². The van der Waals surface area contributed by atoms with Crippen molar-refractivity contribution in [3.05, 3.63) is 99.0 Å². The van der Waals surface area contributed by atoms with Gasteiger partial charge in [-0.2, -0.15) is 0 Å². The molecule has 0 heterocycles. The highest BCUT2D eigenvalue weighted by atomic mass is 79.9. The fraction of sp³-hybridized carbons (Fsp3) is 0.310. The van der Waals surface area contributed by atoms with Gasteiger partial charge in [0.2, 0.25) is 5.91 Å². The number of nitrogens with one attached hydrogen (secondary N) is 1. The monoisotopic (exact) mass is 570 g/mol. The molecule has 7 heteroatoms. The Morgan fingerprint density at radius 1 is 1.03 bits per heavy atom. The summed E-state index contributed by atoms with van der Waals surface area (Å²) < 4.78 is 6.78. The Labute approximate surface area is 226 Å². The van der Waals surface area contributed by atoms with Crippen molar-refractivity contribution in [2.45, 2.75) is 52.2 Å². The zero-order valence-corrected chi connectivity index (χ0v) is 23.2. The van der Waals surface area contributed by atoms with Gasteiger partial charge in [-0.1, -0.05) is 76.9 Å². The number of halogens is 2. The van der Waals surface area contributed by atoms with Crippen LogP contribution in [0.3, 0.4) is 0 Å². The minimum absolute atomic E-state index is 0.00583. The molecule has 5 nitrogen and oxygen atoms in total. The van der Waals surface area contributed by atoms with Crippen molar-refractivity contribution in [3.63, 3.8) is 0 Å². The van der Waals surface area contributed by atoms with Crippen LogP contribution in [0.5, 0.6) is 5.75 Å². The van der Waals surface area contributed by atoms with Gasteiger partial charge in [-0.15, -0.1) is 0 Å². The van der Waals surface area contributed by atoms with E-state index in [-0.39, 0.29) is 31.0 Å². The van der Waals surface area contributed by atoms with Gasteiger partial charge in [0.05, 0.1) is 0 Å². The Balaban J connectivity index is 1.90. The summed E-state index contributed by atoms with van der Waals surface area (Å²) in [4.78, 5) is 28.7. The molecule has 2 amide bonds. The molecule has 0 fully saturated rings. The second-order valence-corrected chi connectivity index (χ2v) is 10.2. The molecule has 0 aliphatic carbocycles. The number of carbonyl (C=O) groups excluding carboxylic acids is 2. The van der Waals surface area contributed by atoms with Gasteiger partial charge in [-0.05, 0) is 67.3 Å². The van der Waals surface area contributed by atoms with Crippen molar-refractivity contribution >= 4 is 39.3 Å². The predicted octanol–water partition coefficient (Wildman–Crippen LogP) is 6.34. The molecule has 36 heavy (non-hydrogen) atoms. The lowest BCUT2D eigenvalue weighted by Crippen LogP contribution is -2.53. The number of aryl methyl sites for hydroxylation is 1. The Hall–Kier alpha value is -2.83. The van der Waals surface area contributed by atoms with Crippen LogP contribution in [0.25, 0.3) is 0 Å². The Kier molecular flexibility index (Phi) is 10.4. The minimum atomic E-state index is -0.701. The zero-order valence-electron chi connectivity index (χ0n) is 20.8. The van der Waals surface area contributed by atoms with Crippen LogP contribution >= 0.6 is 27.5 Å². The summed E-state index contributed by atoms with van der Waals surface area (Å²) in [5.41, 5.74) is 2.76. The molecule has 3 aromatic carbocycles. The second kappa shape index (κ2) is 13.5. The molecule has 190 valence electrons. The fourth-order valence-corrected chi connectivity index (χ4v) is 4.10. The number of hydrogen-bond donors (Lipinski definition) is 1. The number of benzene rings is 3. The third-order valence-electron chi connectivity index (χ3n) is 6.03. The minimum Gasteiger partial charge on any atom is -0.484 e. The summed E-state index contributed by atoms with van der Waals surface area (Å²) in [6.07, 6.45) is 1.19. The molecular formula is C29H32BrClN2O3. The Morgan fingerprint density at radius 3 is 2.36 bits per heavy atom. The summed E-state index contributed by atoms with van der Waals surface area (Å²) in [5, 5.41) is 3.71. The fourth-order valence-electron chi connectivity index (χ4n) is 3.72. The van der Waals surface area contributed by atoms with Crippen LogP contribution < -0.4 is 10.1 Å². The summed E-state index contributed by atoms with van der Waals surface area (Å²) in [7, 11) is 0. The number of ether oxygens (including phenoxy) is 1. The van der Waals surface area contributed by atoms with E-state index in [1.165, 1.54) is 0 Å². The van der Waals surface area contributed by atoms with Crippen LogP contribution in [0.2, 0.25) is 5.02 Å². The van der Waals surface area contributed by atoms with E-state index in [1.54, 1.807) is 23.1 Å². The van der Waals surface area contributed by atoms with Gasteiger partial charge in [0.15, 0.2) is 6.61 Å². The Morgan fingerprint density at radius 2 is 1.72 bits per heavy atom. The molecule has 0 radical (unpaired) electrons. The average molecular weight is 572 g/mol. The molecule has 0 saturated carbocycles. The third-order valence-corrected chi connectivity index (χ3v) is 6.98. The van der Waals surface area contributed by atoms with E-state index in [0.29, 0.717) is 17.2 Å². The molecule has 0 aliphatic rings. The van der Waals surface area contributed by atoms with Crippen molar-refractivity contribution in [1.29, 1.82) is 0 Å². The normalized spacial score (nSPS) is 12.5. The van der Waals surface area contributed by atoms with Gasteiger partial charge in [0.1, 0.15) is 11.8 Å². The van der Waals surface area contributed by atoms with Gasteiger partial charge < -0.3 is 15.0 Å². The zero-order chi connectivity index (χ0) is 26.1. The molecule has 0 aliphatic heterocycles. The standard InChI is InChI=1S/C29H32BrClN2O3/c1-4-21(3)32-29(35)27(17-22-8-6-5-7-9-22)33(18-23-10-12-24(30)13-11-23)28(34)19-36-25-14-15-26(31)20(2)16-25/h5-16,21,27H,4,17-19H2,1-3H3,(H,32,35)/t21-,27-/m0/s1. The van der Waals surface area contributed by atoms with Gasteiger partial charge in [-0.25, -0.2) is 0 Å². The van der Waals surface area contributed by atoms with Crippen LogP contribution in [-0.2, 0) is 22.6 Å². The lowest BCUT2D eigenvalue weighted by atomic mass is 10.0. The van der Waals surface area contributed by atoms with E-state index in [2.05, 4.69) is 21.2 Å². The molecular weight excluding hydrogens is 540 g/mol. The van der Waals surface area contributed by atoms with E-state index in [4.69, 9.17) is 16.3 Å². The molecule has 3 aromatic rings. The van der Waals surface area contributed by atoms with E-state index in [9.17, 15) is 9.59 Å². The van der Waals surface area contributed by atoms with Crippen LogP contribution in [0.15, 0.2) is 77.3 Å². The van der Waals surface area contributed by atoms with E-state index >= 15 is 0 Å². The summed E-state index contributed by atoms with van der Waals surface area (Å²) >= 11 is 9.58. The highest BCUT2D eigenvalue weighted by Crippen LogP contribution is 2.22. The quantitative estimate of drug-likeness (QED) is 0.292. The topological polar surface area (TPSA) is 58.6 Å². The van der Waals surface area contributed by atoms with Crippen LogP contribution in [0, 0.1) is 6.92 Å². The van der Waals surface area contributed by atoms with Gasteiger partial charge >= 0.3 is 0 Å². The first-order chi connectivity index (χ1) is 17.3.